The molecule has 2 amide bonds. The summed E-state index contributed by atoms with van der Waals surface area (Å²) in [6.07, 6.45) is 2.16. The molecule has 144 valence electrons. The maximum absolute atomic E-state index is 13.6. The number of hydrogen-bond donors (Lipinski definition) is 3. The van der Waals surface area contributed by atoms with Crippen LogP contribution < -0.4 is 16.0 Å². The van der Waals surface area contributed by atoms with Gasteiger partial charge in [0.05, 0.1) is 11.4 Å². The quantitative estimate of drug-likeness (QED) is 0.741. The summed E-state index contributed by atoms with van der Waals surface area (Å²) >= 11 is 0. The zero-order valence-corrected chi connectivity index (χ0v) is 15.5. The van der Waals surface area contributed by atoms with Gasteiger partial charge in [0, 0.05) is 6.20 Å². The fourth-order valence-corrected chi connectivity index (χ4v) is 2.02. The average Bonchev–Trinajstić information content (AvgIpc) is 2.56. The van der Waals surface area contributed by atoms with Crippen LogP contribution in [0.1, 0.15) is 27.7 Å². The number of rotatable bonds is 5. The molecule has 0 radical (unpaired) electrons. The van der Waals surface area contributed by atoms with Crippen molar-refractivity contribution in [1.29, 1.82) is 0 Å². The molecule has 0 unspecified atom stereocenters. The van der Waals surface area contributed by atoms with Crippen LogP contribution in [0.5, 0.6) is 0 Å². The van der Waals surface area contributed by atoms with Crippen molar-refractivity contribution in [2.24, 2.45) is 0 Å². The number of nitrogens with zero attached hydrogens (tertiary/aromatic N) is 2. The average molecular weight is 375 g/mol. The molecule has 9 heteroatoms. The molecule has 1 aromatic heterocycles. The third-order valence-corrected chi connectivity index (χ3v) is 3.21. The molecule has 0 aliphatic rings. The van der Waals surface area contributed by atoms with Crippen LogP contribution in [0, 0.1) is 5.82 Å². The van der Waals surface area contributed by atoms with Gasteiger partial charge in [0.25, 0.3) is 0 Å². The van der Waals surface area contributed by atoms with Crippen molar-refractivity contribution >= 4 is 29.2 Å². The van der Waals surface area contributed by atoms with Crippen molar-refractivity contribution in [2.75, 3.05) is 10.6 Å². The van der Waals surface area contributed by atoms with E-state index in [-0.39, 0.29) is 0 Å². The number of amides is 2. The molecule has 8 nitrogen and oxygen atoms in total. The zero-order valence-electron chi connectivity index (χ0n) is 15.5. The lowest BCUT2D eigenvalue weighted by molar-refractivity contribution is -0.117. The summed E-state index contributed by atoms with van der Waals surface area (Å²) in [4.78, 5) is 32.0. The molecular formula is C18H22FN5O3. The largest absolute Gasteiger partial charge is 0.444 e. The van der Waals surface area contributed by atoms with Crippen LogP contribution in [0.2, 0.25) is 0 Å². The van der Waals surface area contributed by atoms with Crippen LogP contribution in [0.15, 0.2) is 36.8 Å². The Morgan fingerprint density at radius 1 is 1.19 bits per heavy atom. The molecule has 0 saturated heterocycles. The maximum atomic E-state index is 13.6. The molecule has 0 fully saturated rings. The van der Waals surface area contributed by atoms with Gasteiger partial charge in [0.1, 0.15) is 29.6 Å². The predicted molar refractivity (Wildman–Crippen MR) is 99.2 cm³/mol. The van der Waals surface area contributed by atoms with Gasteiger partial charge in [-0.15, -0.1) is 0 Å². The molecule has 27 heavy (non-hydrogen) atoms. The molecular weight excluding hydrogens is 353 g/mol. The highest BCUT2D eigenvalue weighted by Gasteiger charge is 2.21. The number of carbonyl (C=O) groups is 2. The van der Waals surface area contributed by atoms with Gasteiger partial charge in [0.15, 0.2) is 0 Å². The summed E-state index contributed by atoms with van der Waals surface area (Å²) in [7, 11) is 0. The topological polar surface area (TPSA) is 105 Å². The van der Waals surface area contributed by atoms with E-state index in [2.05, 4.69) is 25.9 Å². The lowest BCUT2D eigenvalue weighted by Gasteiger charge is -2.22. The highest BCUT2D eigenvalue weighted by Crippen LogP contribution is 2.25. The Hall–Kier alpha value is -3.23. The van der Waals surface area contributed by atoms with E-state index < -0.39 is 29.5 Å². The van der Waals surface area contributed by atoms with Crippen molar-refractivity contribution < 1.29 is 18.7 Å². The number of nitrogens with one attached hydrogen (secondary N) is 3. The van der Waals surface area contributed by atoms with Gasteiger partial charge in [-0.1, -0.05) is 0 Å². The van der Waals surface area contributed by atoms with Crippen molar-refractivity contribution in [3.8, 4) is 0 Å². The number of carbonyl (C=O) groups excluding carboxylic acids is 2. The Morgan fingerprint density at radius 2 is 1.93 bits per heavy atom. The summed E-state index contributed by atoms with van der Waals surface area (Å²) in [6, 6.07) is 4.59. The van der Waals surface area contributed by atoms with Crippen molar-refractivity contribution in [2.45, 2.75) is 39.3 Å². The number of ether oxygens (including phenoxy) is 1. The first-order valence-electron chi connectivity index (χ1n) is 8.27. The van der Waals surface area contributed by atoms with Gasteiger partial charge in [-0.3, -0.25) is 4.79 Å². The van der Waals surface area contributed by atoms with Crippen LogP contribution in [0.25, 0.3) is 0 Å². The third kappa shape index (κ3) is 6.53. The normalized spacial score (nSPS) is 12.0. The smallest absolute Gasteiger partial charge is 0.408 e. The highest BCUT2D eigenvalue weighted by atomic mass is 19.1. The van der Waals surface area contributed by atoms with Gasteiger partial charge in [0.2, 0.25) is 5.91 Å². The van der Waals surface area contributed by atoms with Gasteiger partial charge < -0.3 is 20.7 Å². The van der Waals surface area contributed by atoms with E-state index in [0.717, 1.165) is 0 Å². The van der Waals surface area contributed by atoms with Gasteiger partial charge >= 0.3 is 6.09 Å². The second-order valence-corrected chi connectivity index (χ2v) is 6.77. The fraction of sp³-hybridized carbons (Fsp3) is 0.333. The molecule has 1 aromatic carbocycles. The van der Waals surface area contributed by atoms with Crippen LogP contribution in [-0.2, 0) is 9.53 Å². The lowest BCUT2D eigenvalue weighted by atomic mass is 10.2. The van der Waals surface area contributed by atoms with Crippen LogP contribution in [-0.4, -0.2) is 33.6 Å². The Morgan fingerprint density at radius 3 is 2.56 bits per heavy atom. The molecule has 2 rings (SSSR count). The minimum atomic E-state index is -0.864. The summed E-state index contributed by atoms with van der Waals surface area (Å²) < 4.78 is 18.7. The van der Waals surface area contributed by atoms with E-state index in [1.54, 1.807) is 26.8 Å². The monoisotopic (exact) mass is 375 g/mol. The van der Waals surface area contributed by atoms with E-state index in [1.807, 2.05) is 0 Å². The van der Waals surface area contributed by atoms with Crippen LogP contribution >= 0.6 is 0 Å². The molecule has 0 aliphatic carbocycles. The fourth-order valence-electron chi connectivity index (χ4n) is 2.02. The second-order valence-electron chi connectivity index (χ2n) is 6.77. The van der Waals surface area contributed by atoms with Gasteiger partial charge in [-0.2, -0.15) is 0 Å². The number of halogens is 1. The standard InChI is InChI=1S/C18H22FN5O3/c1-11(22-17(26)27-18(2,3)4)16(25)24-13-6-5-12(19)9-14(13)23-15-7-8-20-10-21-15/h5-11H,1-4H3,(H,22,26)(H,24,25)(H,20,21,23)/t11-/m0/s1. The van der Waals surface area contributed by atoms with E-state index in [0.29, 0.717) is 17.2 Å². The van der Waals surface area contributed by atoms with E-state index in [4.69, 9.17) is 4.74 Å². The van der Waals surface area contributed by atoms with Gasteiger partial charge in [-0.25, -0.2) is 19.2 Å². The Balaban J connectivity index is 2.07. The minimum absolute atomic E-state index is 0.312. The van der Waals surface area contributed by atoms with E-state index in [9.17, 15) is 14.0 Å². The van der Waals surface area contributed by atoms with E-state index in [1.165, 1.54) is 37.6 Å². The minimum Gasteiger partial charge on any atom is -0.444 e. The molecule has 3 N–H and O–H groups in total. The number of aromatic nitrogens is 2. The molecule has 0 bridgehead atoms. The van der Waals surface area contributed by atoms with Gasteiger partial charge in [-0.05, 0) is 52.0 Å². The van der Waals surface area contributed by atoms with Crippen molar-refractivity contribution in [3.63, 3.8) is 0 Å². The highest BCUT2D eigenvalue weighted by molar-refractivity contribution is 5.99. The summed E-state index contributed by atoms with van der Waals surface area (Å²) in [5.74, 6) is -0.534. The summed E-state index contributed by atoms with van der Waals surface area (Å²) in [6.45, 7) is 6.68. The first-order chi connectivity index (χ1) is 12.6. The molecule has 0 saturated carbocycles. The predicted octanol–water partition coefficient (Wildman–Crippen LogP) is 3.21. The zero-order chi connectivity index (χ0) is 20.0. The molecule has 1 heterocycles. The van der Waals surface area contributed by atoms with Crippen LogP contribution in [0.3, 0.4) is 0 Å². The van der Waals surface area contributed by atoms with Crippen molar-refractivity contribution in [3.05, 3.63) is 42.6 Å². The summed E-state index contributed by atoms with van der Waals surface area (Å²) in [5.41, 5.74) is -0.0318. The first kappa shape index (κ1) is 20.1. The Bertz CT molecular complexity index is 808. The van der Waals surface area contributed by atoms with Crippen molar-refractivity contribution in [1.82, 2.24) is 15.3 Å². The first-order valence-corrected chi connectivity index (χ1v) is 8.27. The summed E-state index contributed by atoms with van der Waals surface area (Å²) in [5, 5.41) is 8.00. The molecule has 0 aliphatic heterocycles. The molecule has 1 atom stereocenters. The third-order valence-electron chi connectivity index (χ3n) is 3.21. The number of benzene rings is 1. The molecule has 0 spiro atoms. The number of anilines is 3. The Kier molecular flexibility index (Phi) is 6.27. The SMILES string of the molecule is C[C@H](NC(=O)OC(C)(C)C)C(=O)Nc1ccc(F)cc1Nc1ccncn1. The molecule has 2 aromatic rings. The maximum Gasteiger partial charge on any atom is 0.408 e. The number of hydrogen-bond acceptors (Lipinski definition) is 6. The van der Waals surface area contributed by atoms with Crippen LogP contribution in [0.4, 0.5) is 26.4 Å². The second kappa shape index (κ2) is 8.43. The Labute approximate surface area is 156 Å². The number of alkyl carbamates (subject to hydrolysis) is 1. The van der Waals surface area contributed by atoms with E-state index >= 15 is 0 Å². The lowest BCUT2D eigenvalue weighted by Crippen LogP contribution is -2.44.